The molecule has 3 N–H and O–H groups in total. The van der Waals surface area contributed by atoms with Gasteiger partial charge >= 0.3 is 12.1 Å². The van der Waals surface area contributed by atoms with Crippen LogP contribution in [0.15, 0.2) is 77.9 Å². The Morgan fingerprint density at radius 2 is 1.84 bits per heavy atom. The molecular formula is C29H30N4O5. The highest BCUT2D eigenvalue weighted by Crippen LogP contribution is 2.31. The van der Waals surface area contributed by atoms with Crippen LogP contribution in [0.2, 0.25) is 0 Å². The van der Waals surface area contributed by atoms with Gasteiger partial charge < -0.3 is 20.1 Å². The quantitative estimate of drug-likeness (QED) is 0.293. The van der Waals surface area contributed by atoms with E-state index in [1.165, 1.54) is 6.21 Å². The van der Waals surface area contributed by atoms with Crippen LogP contribution in [0.5, 0.6) is 0 Å². The molecule has 9 heteroatoms. The molecule has 3 aromatic carbocycles. The van der Waals surface area contributed by atoms with Gasteiger partial charge in [-0.05, 0) is 60.2 Å². The number of rotatable bonds is 8. The number of fused-ring (bicyclic) bond motifs is 1. The maximum Gasteiger partial charge on any atom is 0.428 e. The maximum atomic E-state index is 12.9. The predicted octanol–water partition coefficient (Wildman–Crippen LogP) is 4.82. The lowest BCUT2D eigenvalue weighted by molar-refractivity contribution is -0.137. The van der Waals surface area contributed by atoms with Crippen LogP contribution in [0.1, 0.15) is 46.3 Å². The number of carbonyl (C=O) groups is 3. The first-order valence-corrected chi connectivity index (χ1v) is 12.4. The summed E-state index contributed by atoms with van der Waals surface area (Å²) in [4.78, 5) is 38.0. The van der Waals surface area contributed by atoms with Crippen molar-refractivity contribution in [2.45, 2.75) is 38.3 Å². The normalized spacial score (nSPS) is 14.9. The highest BCUT2D eigenvalue weighted by Gasteiger charge is 2.24. The Labute approximate surface area is 221 Å². The van der Waals surface area contributed by atoms with Crippen molar-refractivity contribution in [2.75, 3.05) is 17.3 Å². The third-order valence-corrected chi connectivity index (χ3v) is 6.42. The summed E-state index contributed by atoms with van der Waals surface area (Å²) in [6, 6.07) is 21.8. The number of carbonyl (C=O) groups excluding carboxylic acids is 2. The Balaban J connectivity index is 1.32. The molecule has 0 spiro atoms. The summed E-state index contributed by atoms with van der Waals surface area (Å²) in [7, 11) is 1.89. The van der Waals surface area contributed by atoms with Crippen LogP contribution in [0.25, 0.3) is 0 Å². The number of nitrogens with one attached hydrogen (secondary N) is 2. The fourth-order valence-electron chi connectivity index (χ4n) is 4.37. The van der Waals surface area contributed by atoms with Gasteiger partial charge in [0.05, 0.1) is 12.6 Å². The second kappa shape index (κ2) is 12.5. The SMILES string of the molecule is CN1c2cc(C(=O)Nc3ccc(C=NNC(=O)OCc4ccccc4)cc3)ccc2CCCC1CC(=O)O. The number of aryl methyl sites for hydroxylation is 1. The van der Waals surface area contributed by atoms with E-state index in [-0.39, 0.29) is 25.0 Å². The summed E-state index contributed by atoms with van der Waals surface area (Å²) in [5, 5.41) is 16.0. The van der Waals surface area contributed by atoms with Gasteiger partial charge in [-0.25, -0.2) is 10.2 Å². The van der Waals surface area contributed by atoms with Gasteiger partial charge in [0, 0.05) is 30.0 Å². The minimum atomic E-state index is -0.827. The van der Waals surface area contributed by atoms with Gasteiger partial charge in [0.1, 0.15) is 6.61 Å². The number of carboxylic acid groups (broad SMARTS) is 1. The maximum absolute atomic E-state index is 12.9. The van der Waals surface area contributed by atoms with E-state index >= 15 is 0 Å². The number of hydrogen-bond acceptors (Lipinski definition) is 6. The Hall–Kier alpha value is -4.66. The van der Waals surface area contributed by atoms with Crippen molar-refractivity contribution in [2.24, 2.45) is 5.10 Å². The van der Waals surface area contributed by atoms with Gasteiger partial charge in [-0.2, -0.15) is 5.10 Å². The molecule has 38 heavy (non-hydrogen) atoms. The van der Waals surface area contributed by atoms with Gasteiger partial charge in [-0.3, -0.25) is 9.59 Å². The Morgan fingerprint density at radius 3 is 2.58 bits per heavy atom. The van der Waals surface area contributed by atoms with Gasteiger partial charge in [-0.15, -0.1) is 0 Å². The molecular weight excluding hydrogens is 484 g/mol. The van der Waals surface area contributed by atoms with Crippen molar-refractivity contribution in [1.82, 2.24) is 5.43 Å². The van der Waals surface area contributed by atoms with Gasteiger partial charge in [0.25, 0.3) is 5.91 Å². The molecule has 3 aromatic rings. The summed E-state index contributed by atoms with van der Waals surface area (Å²) in [5.41, 5.74) is 7.02. The van der Waals surface area contributed by atoms with Crippen LogP contribution in [0, 0.1) is 0 Å². The lowest BCUT2D eigenvalue weighted by atomic mass is 10.0. The second-order valence-electron chi connectivity index (χ2n) is 9.11. The summed E-state index contributed by atoms with van der Waals surface area (Å²) in [6.45, 7) is 0.153. The average molecular weight is 515 g/mol. The lowest BCUT2D eigenvalue weighted by Gasteiger charge is -2.28. The molecule has 9 nitrogen and oxygen atoms in total. The van der Waals surface area contributed by atoms with Crippen LogP contribution in [-0.4, -0.2) is 42.4 Å². The van der Waals surface area contributed by atoms with Gasteiger partial charge in [0.15, 0.2) is 0 Å². The molecule has 1 unspecified atom stereocenters. The third-order valence-electron chi connectivity index (χ3n) is 6.42. The van der Waals surface area contributed by atoms with E-state index in [4.69, 9.17) is 4.74 Å². The van der Waals surface area contributed by atoms with Crippen molar-refractivity contribution in [1.29, 1.82) is 0 Å². The minimum Gasteiger partial charge on any atom is -0.481 e. The molecule has 0 aliphatic carbocycles. The largest absolute Gasteiger partial charge is 0.481 e. The fourth-order valence-corrected chi connectivity index (χ4v) is 4.37. The summed E-state index contributed by atoms with van der Waals surface area (Å²) < 4.78 is 5.10. The average Bonchev–Trinajstić information content (AvgIpc) is 3.07. The standard InChI is InChI=1S/C29H30N4O5/c1-33-25(17-27(34)35)9-5-8-22-12-13-23(16-26(22)33)28(36)31-24-14-10-20(11-15-24)18-30-32-29(37)38-19-21-6-3-2-4-7-21/h2-4,6-7,10-16,18,25H,5,8-9,17,19H2,1H3,(H,31,36)(H,32,37)(H,34,35). The lowest BCUT2D eigenvalue weighted by Crippen LogP contribution is -2.33. The Kier molecular flexibility index (Phi) is 8.71. The number of hydrogen-bond donors (Lipinski definition) is 3. The van der Waals surface area contributed by atoms with E-state index in [1.54, 1.807) is 30.3 Å². The van der Waals surface area contributed by atoms with Crippen LogP contribution in [0.3, 0.4) is 0 Å². The topological polar surface area (TPSA) is 120 Å². The van der Waals surface area contributed by atoms with Crippen LogP contribution >= 0.6 is 0 Å². The molecule has 0 saturated carbocycles. The minimum absolute atomic E-state index is 0.0619. The fraction of sp³-hybridized carbons (Fsp3) is 0.241. The summed E-state index contributed by atoms with van der Waals surface area (Å²) in [6.07, 6.45) is 3.42. The molecule has 1 heterocycles. The first-order chi connectivity index (χ1) is 18.4. The van der Waals surface area contributed by atoms with E-state index in [0.717, 1.165) is 41.6 Å². The number of anilines is 2. The molecule has 0 saturated heterocycles. The molecule has 196 valence electrons. The summed E-state index contributed by atoms with van der Waals surface area (Å²) >= 11 is 0. The van der Waals surface area contributed by atoms with E-state index in [9.17, 15) is 19.5 Å². The van der Waals surface area contributed by atoms with Gasteiger partial charge in [0.2, 0.25) is 0 Å². The number of amides is 2. The number of aliphatic carboxylic acids is 1. The number of benzene rings is 3. The first-order valence-electron chi connectivity index (χ1n) is 12.4. The summed E-state index contributed by atoms with van der Waals surface area (Å²) in [5.74, 6) is -1.09. The molecule has 2 amide bonds. The molecule has 1 aliphatic heterocycles. The zero-order valence-electron chi connectivity index (χ0n) is 21.1. The third kappa shape index (κ3) is 7.19. The predicted molar refractivity (Wildman–Crippen MR) is 146 cm³/mol. The zero-order chi connectivity index (χ0) is 26.9. The first kappa shape index (κ1) is 26.4. The Bertz CT molecular complexity index is 1310. The van der Waals surface area contributed by atoms with Gasteiger partial charge in [-0.1, -0.05) is 48.5 Å². The molecule has 0 bridgehead atoms. The molecule has 1 atom stereocenters. The molecule has 4 rings (SSSR count). The molecule has 1 aliphatic rings. The smallest absolute Gasteiger partial charge is 0.428 e. The number of ether oxygens (including phenoxy) is 1. The highest BCUT2D eigenvalue weighted by molar-refractivity contribution is 6.05. The van der Waals surface area contributed by atoms with E-state index in [2.05, 4.69) is 15.8 Å². The van der Waals surface area contributed by atoms with Crippen LogP contribution < -0.4 is 15.6 Å². The van der Waals surface area contributed by atoms with E-state index in [0.29, 0.717) is 11.3 Å². The molecule has 0 fully saturated rings. The second-order valence-corrected chi connectivity index (χ2v) is 9.11. The highest BCUT2D eigenvalue weighted by atomic mass is 16.6. The van der Waals surface area contributed by atoms with Crippen molar-refractivity contribution >= 4 is 35.6 Å². The Morgan fingerprint density at radius 1 is 1.08 bits per heavy atom. The van der Waals surface area contributed by atoms with E-state index < -0.39 is 12.1 Å². The van der Waals surface area contributed by atoms with Crippen molar-refractivity contribution in [3.63, 3.8) is 0 Å². The van der Waals surface area contributed by atoms with Crippen LogP contribution in [0.4, 0.5) is 16.2 Å². The monoisotopic (exact) mass is 514 g/mol. The van der Waals surface area contributed by atoms with E-state index in [1.807, 2.05) is 54.4 Å². The van der Waals surface area contributed by atoms with Crippen molar-refractivity contribution in [3.05, 3.63) is 95.1 Å². The van der Waals surface area contributed by atoms with Crippen molar-refractivity contribution < 1.29 is 24.2 Å². The zero-order valence-corrected chi connectivity index (χ0v) is 21.1. The molecule has 0 aromatic heterocycles. The molecule has 0 radical (unpaired) electrons. The van der Waals surface area contributed by atoms with Crippen LogP contribution in [-0.2, 0) is 22.6 Å². The number of nitrogens with zero attached hydrogens (tertiary/aromatic N) is 2. The van der Waals surface area contributed by atoms with Crippen molar-refractivity contribution in [3.8, 4) is 0 Å². The number of hydrazone groups is 1. The number of carboxylic acids is 1.